The average molecular weight is 1200 g/mol. The number of fused-ring (bicyclic) bond motifs is 10. The molecule has 0 saturated heterocycles. The number of rotatable bonds is 10. The maximum absolute atomic E-state index is 6.69. The lowest BCUT2D eigenvalue weighted by atomic mass is 9.97. The van der Waals surface area contributed by atoms with Gasteiger partial charge in [-0.1, -0.05) is 291 Å². The largest absolute Gasteiger partial charge is 0.455 e. The molecule has 8 nitrogen and oxygen atoms in total. The van der Waals surface area contributed by atoms with E-state index in [9.17, 15) is 0 Å². The summed E-state index contributed by atoms with van der Waals surface area (Å²) in [5.74, 6) is 1.32. The van der Waals surface area contributed by atoms with E-state index in [-0.39, 0.29) is 0 Å². The molecule has 0 saturated carbocycles. The van der Waals surface area contributed by atoms with Crippen molar-refractivity contribution < 1.29 is 8.83 Å². The molecule has 0 unspecified atom stereocenters. The highest BCUT2D eigenvalue weighted by atomic mass is 16.3. The van der Waals surface area contributed by atoms with Gasteiger partial charge in [0.25, 0.3) is 0 Å². The summed E-state index contributed by atoms with van der Waals surface area (Å²) in [6.45, 7) is 0. The predicted octanol–water partition coefficient (Wildman–Crippen LogP) is 22.5. The number of furan rings is 2. The first-order chi connectivity index (χ1) is 46.6. The van der Waals surface area contributed by atoms with Gasteiger partial charge >= 0.3 is 0 Å². The van der Waals surface area contributed by atoms with Crippen molar-refractivity contribution in [2.75, 3.05) is 0 Å². The molecule has 0 spiro atoms. The minimum absolute atomic E-state index is 0.660. The van der Waals surface area contributed by atoms with Gasteiger partial charge in [-0.2, -0.15) is 0 Å². The van der Waals surface area contributed by atoms with Crippen LogP contribution in [-0.2, 0) is 0 Å². The third-order valence-electron chi connectivity index (χ3n) is 17.4. The van der Waals surface area contributed by atoms with E-state index >= 15 is 0 Å². The number of para-hydroxylation sites is 2. The van der Waals surface area contributed by atoms with Crippen LogP contribution in [0.4, 0.5) is 0 Å². The van der Waals surface area contributed by atoms with Crippen molar-refractivity contribution in [3.05, 3.63) is 328 Å². The Morgan fingerprint density at radius 1 is 0.202 bits per heavy atom. The van der Waals surface area contributed by atoms with Gasteiger partial charge in [-0.25, -0.2) is 29.9 Å². The molecule has 94 heavy (non-hydrogen) atoms. The van der Waals surface area contributed by atoms with Gasteiger partial charge in [0, 0.05) is 55.3 Å². The van der Waals surface area contributed by atoms with Crippen molar-refractivity contribution >= 4 is 65.7 Å². The third-order valence-corrected chi connectivity index (χ3v) is 17.4. The highest BCUT2D eigenvalue weighted by Gasteiger charge is 2.24. The summed E-state index contributed by atoms with van der Waals surface area (Å²) in [6.07, 6.45) is 0. The summed E-state index contributed by atoms with van der Waals surface area (Å²) in [6, 6.07) is 112. The zero-order chi connectivity index (χ0) is 62.3. The molecular formula is C86H54N6O2. The van der Waals surface area contributed by atoms with Crippen LogP contribution in [0.25, 0.3) is 178 Å². The van der Waals surface area contributed by atoms with Crippen LogP contribution in [0.1, 0.15) is 0 Å². The van der Waals surface area contributed by atoms with E-state index < -0.39 is 0 Å². The Morgan fingerprint density at radius 3 is 0.915 bits per heavy atom. The van der Waals surface area contributed by atoms with Crippen LogP contribution in [0, 0.1) is 0 Å². The number of hydrogen-bond acceptors (Lipinski definition) is 8. The summed E-state index contributed by atoms with van der Waals surface area (Å²) in [4.78, 5) is 31.1. The van der Waals surface area contributed by atoms with Gasteiger partial charge in [0.2, 0.25) is 0 Å². The lowest BCUT2D eigenvalue weighted by molar-refractivity contribution is 0.672. The summed E-state index contributed by atoms with van der Waals surface area (Å²) in [5, 5.41) is 5.94. The van der Waals surface area contributed by atoms with Crippen molar-refractivity contribution in [2.24, 2.45) is 0 Å². The Morgan fingerprint density at radius 2 is 0.500 bits per heavy atom. The second-order valence-corrected chi connectivity index (χ2v) is 23.2. The lowest BCUT2D eigenvalue weighted by Gasteiger charge is -2.13. The molecule has 6 aromatic heterocycles. The molecule has 0 aliphatic heterocycles. The fourth-order valence-corrected chi connectivity index (χ4v) is 12.9. The van der Waals surface area contributed by atoms with E-state index in [4.69, 9.17) is 38.7 Å². The quantitative estimate of drug-likeness (QED) is 0.133. The lowest BCUT2D eigenvalue weighted by Crippen LogP contribution is -1.97. The highest BCUT2D eigenvalue weighted by molar-refractivity contribution is 6.23. The molecule has 0 atom stereocenters. The summed E-state index contributed by atoms with van der Waals surface area (Å²) >= 11 is 0. The first-order valence-corrected chi connectivity index (χ1v) is 31.4. The fraction of sp³-hybridized carbons (Fsp3) is 0. The highest BCUT2D eigenvalue weighted by Crippen LogP contribution is 2.45. The van der Waals surface area contributed by atoms with Crippen molar-refractivity contribution in [1.82, 2.24) is 29.9 Å². The molecule has 0 aliphatic carbocycles. The molecule has 0 amide bonds. The van der Waals surface area contributed by atoms with E-state index in [0.29, 0.717) is 11.6 Å². The van der Waals surface area contributed by atoms with Crippen LogP contribution in [0.15, 0.2) is 336 Å². The number of aromatic nitrogens is 6. The molecular weight excluding hydrogens is 1150 g/mol. The molecule has 18 rings (SSSR count). The maximum atomic E-state index is 6.69. The minimum atomic E-state index is 0.660. The van der Waals surface area contributed by atoms with Gasteiger partial charge in [-0.15, -0.1) is 0 Å². The Labute approximate surface area is 541 Å². The number of benzene rings is 12. The van der Waals surface area contributed by atoms with Crippen LogP contribution in [0.3, 0.4) is 0 Å². The van der Waals surface area contributed by atoms with Crippen LogP contribution in [0.2, 0.25) is 0 Å². The number of pyridine rings is 2. The Balaban J connectivity index is 0.000000143. The normalized spacial score (nSPS) is 11.4. The molecule has 440 valence electrons. The average Bonchev–Trinajstić information content (AvgIpc) is 1.53. The van der Waals surface area contributed by atoms with Gasteiger partial charge in [0.15, 0.2) is 11.6 Å². The first-order valence-electron chi connectivity index (χ1n) is 31.4. The zero-order valence-corrected chi connectivity index (χ0v) is 50.7. The topological polar surface area (TPSA) is 104 Å². The number of hydrogen-bond donors (Lipinski definition) is 0. The van der Waals surface area contributed by atoms with Crippen molar-refractivity contribution in [3.63, 3.8) is 0 Å². The molecule has 18 aromatic rings. The molecule has 0 N–H and O–H groups in total. The zero-order valence-electron chi connectivity index (χ0n) is 50.7. The van der Waals surface area contributed by atoms with Crippen LogP contribution in [0.5, 0.6) is 0 Å². The summed E-state index contributed by atoms with van der Waals surface area (Å²) in [7, 11) is 0. The third kappa shape index (κ3) is 10.3. The van der Waals surface area contributed by atoms with Gasteiger partial charge < -0.3 is 8.83 Å². The van der Waals surface area contributed by atoms with Crippen molar-refractivity contribution in [2.45, 2.75) is 0 Å². The monoisotopic (exact) mass is 1200 g/mol. The Hall–Kier alpha value is -12.8. The summed E-state index contributed by atoms with van der Waals surface area (Å²) < 4.78 is 13.4. The summed E-state index contributed by atoms with van der Waals surface area (Å²) in [5.41, 5.74) is 22.7. The molecule has 12 aromatic carbocycles. The second kappa shape index (κ2) is 23.9. The van der Waals surface area contributed by atoms with E-state index in [1.54, 1.807) is 0 Å². The van der Waals surface area contributed by atoms with Gasteiger partial charge in [0.1, 0.15) is 22.3 Å². The van der Waals surface area contributed by atoms with Crippen molar-refractivity contribution in [3.8, 4) is 113 Å². The first kappa shape index (κ1) is 55.3. The minimum Gasteiger partial charge on any atom is -0.455 e. The molecule has 0 aliphatic rings. The molecule has 0 fully saturated rings. The van der Waals surface area contributed by atoms with Crippen molar-refractivity contribution in [1.29, 1.82) is 0 Å². The SMILES string of the molecule is c1ccc(-c2ccc(-c3cc(-c4cccc5nc(-c6ccccc6)c6c7ccccc7oc6c45)nc(-c4ccccc4)n3)cc2)cc1.c1ccc(-c2ccc(-c3nc(-c4ccccc4)cc(-c4cccc5nc(-c6ccccc6)c6c7ccccc7oc6c45)n3)cc2)cc1. The maximum Gasteiger partial charge on any atom is 0.160 e. The van der Waals surface area contributed by atoms with E-state index in [1.807, 2.05) is 133 Å². The molecule has 0 radical (unpaired) electrons. The van der Waals surface area contributed by atoms with E-state index in [2.05, 4.69) is 194 Å². The number of nitrogens with zero attached hydrogens (tertiary/aromatic N) is 6. The Kier molecular flexibility index (Phi) is 14.0. The fourth-order valence-electron chi connectivity index (χ4n) is 12.9. The van der Waals surface area contributed by atoms with Gasteiger partial charge in [-0.3, -0.25) is 0 Å². The molecule has 6 heterocycles. The molecule has 8 heteroatoms. The second-order valence-electron chi connectivity index (χ2n) is 23.2. The Bertz CT molecular complexity index is 5440. The van der Waals surface area contributed by atoms with Gasteiger partial charge in [-0.05, 0) is 58.7 Å². The van der Waals surface area contributed by atoms with Crippen LogP contribution >= 0.6 is 0 Å². The van der Waals surface area contributed by atoms with E-state index in [1.165, 1.54) is 11.1 Å². The molecule has 0 bridgehead atoms. The van der Waals surface area contributed by atoms with Gasteiger partial charge in [0.05, 0.1) is 66.7 Å². The standard InChI is InChI=1S/2C43H27N3O/c1-4-13-28(14-5-1)29-23-25-30(26-24-29)36-27-37(46-43(45-36)32-17-8-3-9-18-32)33-20-12-21-35-39(33)42-40(34-19-10-11-22-38(34)47-42)41(44-35)31-15-6-2-7-16-31;1-4-13-28(14-5-1)29-23-25-32(26-24-29)43-45-36(30-15-6-2-7-16-30)27-37(46-43)33-20-12-21-35-39(33)42-40(34-19-10-11-22-38(34)47-42)41(44-35)31-17-8-3-9-18-31/h2*1-27H. The smallest absolute Gasteiger partial charge is 0.160 e. The predicted molar refractivity (Wildman–Crippen MR) is 384 cm³/mol. The van der Waals surface area contributed by atoms with Crippen LogP contribution in [-0.4, -0.2) is 29.9 Å². The van der Waals surface area contributed by atoms with Crippen LogP contribution < -0.4 is 0 Å². The van der Waals surface area contributed by atoms with E-state index in [0.717, 1.165) is 155 Å².